The minimum atomic E-state index is -0.0727. The first-order valence-corrected chi connectivity index (χ1v) is 8.50. The van der Waals surface area contributed by atoms with Gasteiger partial charge in [-0.15, -0.1) is 0 Å². The third kappa shape index (κ3) is 4.04. The van der Waals surface area contributed by atoms with Crippen LogP contribution in [0.3, 0.4) is 0 Å². The molecule has 0 radical (unpaired) electrons. The highest BCUT2D eigenvalue weighted by Gasteiger charge is 2.40. The van der Waals surface area contributed by atoms with E-state index < -0.39 is 0 Å². The first-order valence-electron chi connectivity index (χ1n) is 8.50. The number of aromatic nitrogens is 1. The molecular weight excluding hydrogens is 260 g/mol. The van der Waals surface area contributed by atoms with E-state index in [1.54, 1.807) is 0 Å². The lowest BCUT2D eigenvalue weighted by Crippen LogP contribution is -2.46. The summed E-state index contributed by atoms with van der Waals surface area (Å²) in [6, 6.07) is 2.50. The molecule has 1 atom stereocenters. The number of likely N-dealkylation sites (N-methyl/N-ethyl adjacent to an activating group) is 1. The summed E-state index contributed by atoms with van der Waals surface area (Å²) in [5.74, 6) is 0. The van der Waals surface area contributed by atoms with Gasteiger partial charge in [0.1, 0.15) is 0 Å². The Labute approximate surface area is 129 Å². The fraction of sp³-hybridized carbons (Fsp3) is 0.722. The first-order chi connectivity index (χ1) is 10.2. The molecule has 0 amide bonds. The Bertz CT molecular complexity index is 425. The van der Waals surface area contributed by atoms with Gasteiger partial charge in [0.2, 0.25) is 0 Å². The smallest absolute Gasteiger partial charge is 0.0876 e. The number of nitrogens with one attached hydrogen (secondary N) is 1. The monoisotopic (exact) mass is 290 g/mol. The van der Waals surface area contributed by atoms with Gasteiger partial charge < -0.3 is 10.1 Å². The molecule has 0 aliphatic heterocycles. The predicted molar refractivity (Wildman–Crippen MR) is 87.5 cm³/mol. The highest BCUT2D eigenvalue weighted by Crippen LogP contribution is 2.40. The molecule has 2 rings (SSSR count). The van der Waals surface area contributed by atoms with Crippen molar-refractivity contribution in [3.8, 4) is 0 Å². The maximum atomic E-state index is 6.37. The van der Waals surface area contributed by atoms with Crippen LogP contribution < -0.4 is 5.32 Å². The van der Waals surface area contributed by atoms with Crippen molar-refractivity contribution in [1.29, 1.82) is 0 Å². The van der Waals surface area contributed by atoms with Gasteiger partial charge in [0, 0.05) is 19.0 Å². The summed E-state index contributed by atoms with van der Waals surface area (Å²) in [6.07, 6.45) is 11.4. The van der Waals surface area contributed by atoms with Crippen LogP contribution in [0.15, 0.2) is 18.5 Å². The summed E-state index contributed by atoms with van der Waals surface area (Å²) < 4.78 is 6.37. The number of nitrogens with zero attached hydrogens (tertiary/aromatic N) is 1. The van der Waals surface area contributed by atoms with Crippen LogP contribution in [0, 0.1) is 6.92 Å². The van der Waals surface area contributed by atoms with E-state index in [4.69, 9.17) is 4.74 Å². The second kappa shape index (κ2) is 7.90. The van der Waals surface area contributed by atoms with E-state index in [-0.39, 0.29) is 11.6 Å². The van der Waals surface area contributed by atoms with E-state index in [0.717, 1.165) is 26.0 Å². The summed E-state index contributed by atoms with van der Waals surface area (Å²) in [7, 11) is 0. The molecule has 1 aromatic heterocycles. The maximum Gasteiger partial charge on any atom is 0.0876 e. The Morgan fingerprint density at radius 2 is 1.90 bits per heavy atom. The van der Waals surface area contributed by atoms with Gasteiger partial charge >= 0.3 is 0 Å². The third-order valence-corrected chi connectivity index (χ3v) is 4.55. The molecule has 1 heterocycles. The maximum absolute atomic E-state index is 6.37. The van der Waals surface area contributed by atoms with Crippen molar-refractivity contribution >= 4 is 0 Å². The van der Waals surface area contributed by atoms with Crippen LogP contribution in [0.25, 0.3) is 0 Å². The molecule has 21 heavy (non-hydrogen) atoms. The predicted octanol–water partition coefficient (Wildman–Crippen LogP) is 4.17. The van der Waals surface area contributed by atoms with Crippen molar-refractivity contribution < 1.29 is 4.74 Å². The molecule has 1 N–H and O–H groups in total. The van der Waals surface area contributed by atoms with Gasteiger partial charge in [-0.05, 0) is 44.4 Å². The van der Waals surface area contributed by atoms with Crippen molar-refractivity contribution in [2.24, 2.45) is 0 Å². The van der Waals surface area contributed by atoms with E-state index in [0.29, 0.717) is 0 Å². The number of ether oxygens (including phenoxy) is 1. The Hall–Kier alpha value is -0.930. The first kappa shape index (κ1) is 16.4. The summed E-state index contributed by atoms with van der Waals surface area (Å²) in [5.41, 5.74) is 2.42. The average molecular weight is 290 g/mol. The van der Waals surface area contributed by atoms with Gasteiger partial charge in [-0.1, -0.05) is 38.7 Å². The van der Waals surface area contributed by atoms with E-state index in [9.17, 15) is 0 Å². The Morgan fingerprint density at radius 1 is 1.19 bits per heavy atom. The summed E-state index contributed by atoms with van der Waals surface area (Å²) >= 11 is 0. The number of rotatable bonds is 6. The number of aryl methyl sites for hydroxylation is 1. The molecule has 1 aromatic rings. The molecule has 1 saturated carbocycles. The largest absolute Gasteiger partial charge is 0.373 e. The van der Waals surface area contributed by atoms with Crippen LogP contribution in [-0.2, 0) is 4.74 Å². The van der Waals surface area contributed by atoms with Crippen LogP contribution in [-0.4, -0.2) is 23.7 Å². The molecule has 1 fully saturated rings. The minimum absolute atomic E-state index is 0.0727. The zero-order valence-electron chi connectivity index (χ0n) is 13.8. The standard InChI is InChI=1S/C18H30N2O/c1-4-20-17(16-12-15(3)13-19-14-16)18(21-5-2)10-8-6-7-9-11-18/h12-14,17,20H,4-11H2,1-3H3. The number of hydrogen-bond acceptors (Lipinski definition) is 3. The van der Waals surface area contributed by atoms with E-state index in [1.807, 2.05) is 12.4 Å². The van der Waals surface area contributed by atoms with E-state index >= 15 is 0 Å². The van der Waals surface area contributed by atoms with Crippen LogP contribution in [0.4, 0.5) is 0 Å². The Balaban J connectivity index is 2.35. The Morgan fingerprint density at radius 3 is 2.48 bits per heavy atom. The van der Waals surface area contributed by atoms with Crippen molar-refractivity contribution in [2.45, 2.75) is 70.9 Å². The number of hydrogen-bond donors (Lipinski definition) is 1. The van der Waals surface area contributed by atoms with Crippen molar-refractivity contribution in [3.05, 3.63) is 29.6 Å². The second-order valence-corrected chi connectivity index (χ2v) is 6.20. The highest BCUT2D eigenvalue weighted by atomic mass is 16.5. The zero-order chi connectivity index (χ0) is 15.1. The van der Waals surface area contributed by atoms with Gasteiger partial charge in [0.25, 0.3) is 0 Å². The summed E-state index contributed by atoms with van der Waals surface area (Å²) in [6.45, 7) is 8.13. The summed E-state index contributed by atoms with van der Waals surface area (Å²) in [4.78, 5) is 4.40. The van der Waals surface area contributed by atoms with Crippen LogP contribution in [0.5, 0.6) is 0 Å². The fourth-order valence-electron chi connectivity index (χ4n) is 3.68. The second-order valence-electron chi connectivity index (χ2n) is 6.20. The molecule has 0 bridgehead atoms. The molecule has 0 spiro atoms. The minimum Gasteiger partial charge on any atom is -0.373 e. The molecule has 1 aliphatic carbocycles. The zero-order valence-corrected chi connectivity index (χ0v) is 13.8. The quantitative estimate of drug-likeness (QED) is 0.798. The van der Waals surface area contributed by atoms with Gasteiger partial charge in [-0.3, -0.25) is 4.98 Å². The Kier molecular flexibility index (Phi) is 6.19. The molecule has 118 valence electrons. The molecule has 1 aliphatic rings. The van der Waals surface area contributed by atoms with Crippen LogP contribution in [0.2, 0.25) is 0 Å². The normalized spacial score (nSPS) is 20.0. The van der Waals surface area contributed by atoms with Gasteiger partial charge in [-0.2, -0.15) is 0 Å². The lowest BCUT2D eigenvalue weighted by atomic mass is 9.82. The van der Waals surface area contributed by atoms with Crippen molar-refractivity contribution in [3.63, 3.8) is 0 Å². The van der Waals surface area contributed by atoms with Gasteiger partial charge in [0.05, 0.1) is 11.6 Å². The topological polar surface area (TPSA) is 34.2 Å². The van der Waals surface area contributed by atoms with E-state index in [1.165, 1.54) is 36.8 Å². The molecule has 0 aromatic carbocycles. The summed E-state index contributed by atoms with van der Waals surface area (Å²) in [5, 5.41) is 3.68. The fourth-order valence-corrected chi connectivity index (χ4v) is 3.68. The lowest BCUT2D eigenvalue weighted by Gasteiger charge is -2.41. The van der Waals surface area contributed by atoms with Crippen molar-refractivity contribution in [2.75, 3.05) is 13.2 Å². The van der Waals surface area contributed by atoms with Crippen molar-refractivity contribution in [1.82, 2.24) is 10.3 Å². The molecule has 3 heteroatoms. The number of pyridine rings is 1. The average Bonchev–Trinajstić information content (AvgIpc) is 2.71. The van der Waals surface area contributed by atoms with Gasteiger partial charge in [0.15, 0.2) is 0 Å². The van der Waals surface area contributed by atoms with E-state index in [2.05, 4.69) is 37.1 Å². The molecule has 3 nitrogen and oxygen atoms in total. The molecular formula is C18H30N2O. The molecule has 0 saturated heterocycles. The SMILES string of the molecule is CCNC(c1cncc(C)c1)C1(OCC)CCCCCC1. The molecule has 1 unspecified atom stereocenters. The third-order valence-electron chi connectivity index (χ3n) is 4.55. The highest BCUT2D eigenvalue weighted by molar-refractivity contribution is 5.23. The van der Waals surface area contributed by atoms with Crippen LogP contribution >= 0.6 is 0 Å². The van der Waals surface area contributed by atoms with Gasteiger partial charge in [-0.25, -0.2) is 0 Å². The lowest BCUT2D eigenvalue weighted by molar-refractivity contribution is -0.0779. The van der Waals surface area contributed by atoms with Crippen LogP contribution in [0.1, 0.15) is 69.5 Å².